The van der Waals surface area contributed by atoms with Crippen molar-refractivity contribution in [1.82, 2.24) is 9.47 Å². The summed E-state index contributed by atoms with van der Waals surface area (Å²) in [6, 6.07) is 11.6. The third-order valence-electron chi connectivity index (χ3n) is 5.79. The number of benzene rings is 2. The largest absolute Gasteiger partial charge is 0.493 e. The number of ether oxygens (including phenoxy) is 2. The predicted molar refractivity (Wildman–Crippen MR) is 122 cm³/mol. The second-order valence-electron chi connectivity index (χ2n) is 7.68. The van der Waals surface area contributed by atoms with Crippen LogP contribution in [0.1, 0.15) is 33.6 Å². The molecule has 0 aliphatic carbocycles. The van der Waals surface area contributed by atoms with E-state index in [1.165, 1.54) is 24.9 Å². The molecular weight excluding hydrogens is 410 g/mol. The highest BCUT2D eigenvalue weighted by Gasteiger charge is 2.25. The second kappa shape index (κ2) is 8.74. The van der Waals surface area contributed by atoms with Gasteiger partial charge in [0.15, 0.2) is 11.5 Å². The summed E-state index contributed by atoms with van der Waals surface area (Å²) < 4.78 is 12.2. The van der Waals surface area contributed by atoms with Crippen LogP contribution in [-0.2, 0) is 7.05 Å². The molecule has 0 spiro atoms. The molecule has 3 aromatic rings. The Morgan fingerprint density at radius 2 is 1.59 bits per heavy atom. The highest BCUT2D eigenvalue weighted by molar-refractivity contribution is 6.14. The third kappa shape index (κ3) is 3.79. The summed E-state index contributed by atoms with van der Waals surface area (Å²) in [4.78, 5) is 40.7. The van der Waals surface area contributed by atoms with E-state index in [1.54, 1.807) is 36.2 Å². The SMILES string of the molecule is COc1cc(NC(=O)c2cc(=O)n(C)c3ccccc23)c(C(=O)N2CCCC2)cc1OC. The van der Waals surface area contributed by atoms with Gasteiger partial charge in [0.2, 0.25) is 0 Å². The number of para-hydroxylation sites is 1. The fourth-order valence-corrected chi connectivity index (χ4v) is 4.04. The number of aromatic nitrogens is 1. The van der Waals surface area contributed by atoms with E-state index in [4.69, 9.17) is 9.47 Å². The first-order valence-corrected chi connectivity index (χ1v) is 10.4. The van der Waals surface area contributed by atoms with E-state index in [0.717, 1.165) is 12.8 Å². The number of methoxy groups -OCH3 is 2. The van der Waals surface area contributed by atoms with E-state index >= 15 is 0 Å². The monoisotopic (exact) mass is 435 g/mol. The first-order valence-electron chi connectivity index (χ1n) is 10.4. The van der Waals surface area contributed by atoms with Gasteiger partial charge in [0, 0.05) is 37.7 Å². The lowest BCUT2D eigenvalue weighted by molar-refractivity contribution is 0.0793. The predicted octanol–water partition coefficient (Wildman–Crippen LogP) is 3.04. The zero-order valence-corrected chi connectivity index (χ0v) is 18.3. The van der Waals surface area contributed by atoms with Gasteiger partial charge in [-0.05, 0) is 25.0 Å². The molecule has 0 radical (unpaired) electrons. The highest BCUT2D eigenvalue weighted by Crippen LogP contribution is 2.35. The average molecular weight is 435 g/mol. The Morgan fingerprint density at radius 3 is 2.28 bits per heavy atom. The smallest absolute Gasteiger partial charge is 0.256 e. The Balaban J connectivity index is 1.79. The summed E-state index contributed by atoms with van der Waals surface area (Å²) in [5.41, 5.74) is 1.19. The van der Waals surface area contributed by atoms with Gasteiger partial charge in [0.05, 0.1) is 36.6 Å². The molecule has 1 aliphatic heterocycles. The summed E-state index contributed by atoms with van der Waals surface area (Å²) in [5, 5.41) is 3.46. The molecule has 2 amide bonds. The number of likely N-dealkylation sites (tertiary alicyclic amines) is 1. The summed E-state index contributed by atoms with van der Waals surface area (Å²) in [7, 11) is 4.64. The van der Waals surface area contributed by atoms with E-state index in [0.29, 0.717) is 46.7 Å². The topological polar surface area (TPSA) is 89.9 Å². The average Bonchev–Trinajstić information content (AvgIpc) is 3.35. The number of pyridine rings is 1. The quantitative estimate of drug-likeness (QED) is 0.665. The zero-order valence-electron chi connectivity index (χ0n) is 18.3. The van der Waals surface area contributed by atoms with Gasteiger partial charge in [-0.3, -0.25) is 14.4 Å². The van der Waals surface area contributed by atoms with Crippen LogP contribution in [-0.4, -0.2) is 48.6 Å². The van der Waals surface area contributed by atoms with Gasteiger partial charge in [0.1, 0.15) is 0 Å². The van der Waals surface area contributed by atoms with E-state index in [2.05, 4.69) is 5.32 Å². The normalized spacial score (nSPS) is 13.3. The van der Waals surface area contributed by atoms with E-state index in [1.807, 2.05) is 12.1 Å². The maximum Gasteiger partial charge on any atom is 0.256 e. The lowest BCUT2D eigenvalue weighted by Crippen LogP contribution is -2.29. The number of hydrogen-bond donors (Lipinski definition) is 1. The van der Waals surface area contributed by atoms with Crippen molar-refractivity contribution in [3.63, 3.8) is 0 Å². The molecule has 1 fully saturated rings. The van der Waals surface area contributed by atoms with Gasteiger partial charge >= 0.3 is 0 Å². The van der Waals surface area contributed by atoms with Crippen LogP contribution in [0.4, 0.5) is 5.69 Å². The number of carbonyl (C=O) groups is 2. The van der Waals surface area contributed by atoms with Crippen LogP contribution in [0.5, 0.6) is 11.5 Å². The molecule has 8 heteroatoms. The lowest BCUT2D eigenvalue weighted by Gasteiger charge is -2.20. The minimum absolute atomic E-state index is 0.187. The standard InChI is InChI=1S/C24H25N3O5/c1-26-19-9-5-4-8-15(19)16(13-22(26)28)23(29)25-18-14-21(32-3)20(31-2)12-17(18)24(30)27-10-6-7-11-27/h4-5,8-9,12-14H,6-7,10-11H2,1-3H3,(H,25,29). The van der Waals surface area contributed by atoms with Gasteiger partial charge in [-0.15, -0.1) is 0 Å². The molecule has 4 rings (SSSR count). The van der Waals surface area contributed by atoms with Crippen LogP contribution in [0.25, 0.3) is 10.9 Å². The second-order valence-corrected chi connectivity index (χ2v) is 7.68. The van der Waals surface area contributed by atoms with E-state index < -0.39 is 5.91 Å². The van der Waals surface area contributed by atoms with Crippen LogP contribution >= 0.6 is 0 Å². The highest BCUT2D eigenvalue weighted by atomic mass is 16.5. The van der Waals surface area contributed by atoms with E-state index in [-0.39, 0.29) is 17.0 Å². The minimum Gasteiger partial charge on any atom is -0.493 e. The number of carbonyl (C=O) groups excluding carboxylic acids is 2. The lowest BCUT2D eigenvalue weighted by atomic mass is 10.1. The molecular formula is C24H25N3O5. The number of fused-ring (bicyclic) bond motifs is 1. The zero-order chi connectivity index (χ0) is 22.8. The van der Waals surface area contributed by atoms with Crippen molar-refractivity contribution >= 4 is 28.4 Å². The Hall–Kier alpha value is -3.81. The van der Waals surface area contributed by atoms with Crippen molar-refractivity contribution in [3.8, 4) is 11.5 Å². The number of hydrogen-bond acceptors (Lipinski definition) is 5. The van der Waals surface area contributed by atoms with Gasteiger partial charge in [-0.2, -0.15) is 0 Å². The Labute approximate surface area is 185 Å². The summed E-state index contributed by atoms with van der Waals surface area (Å²) in [5.74, 6) is 0.107. The number of anilines is 1. The Morgan fingerprint density at radius 1 is 0.938 bits per heavy atom. The minimum atomic E-state index is -0.485. The maximum atomic E-state index is 13.3. The van der Waals surface area contributed by atoms with Crippen LogP contribution in [0, 0.1) is 0 Å². The number of amides is 2. The first kappa shape index (κ1) is 21.4. The fraction of sp³-hybridized carbons (Fsp3) is 0.292. The van der Waals surface area contributed by atoms with Gasteiger partial charge < -0.3 is 24.3 Å². The van der Waals surface area contributed by atoms with Crippen LogP contribution in [0.3, 0.4) is 0 Å². The molecule has 2 heterocycles. The summed E-state index contributed by atoms with van der Waals surface area (Å²) in [6.45, 7) is 1.33. The molecule has 1 saturated heterocycles. The molecule has 1 N–H and O–H groups in total. The molecule has 8 nitrogen and oxygen atoms in total. The van der Waals surface area contributed by atoms with Crippen LogP contribution in [0.15, 0.2) is 47.3 Å². The number of nitrogens with one attached hydrogen (secondary N) is 1. The van der Waals surface area contributed by atoms with Crippen LogP contribution < -0.4 is 20.3 Å². The van der Waals surface area contributed by atoms with Crippen molar-refractivity contribution in [2.75, 3.05) is 32.6 Å². The van der Waals surface area contributed by atoms with Gasteiger partial charge in [-0.25, -0.2) is 0 Å². The molecule has 0 atom stereocenters. The van der Waals surface area contributed by atoms with Crippen molar-refractivity contribution in [2.45, 2.75) is 12.8 Å². The van der Waals surface area contributed by atoms with E-state index in [9.17, 15) is 14.4 Å². The number of nitrogens with zero attached hydrogens (tertiary/aromatic N) is 2. The molecule has 0 unspecified atom stereocenters. The van der Waals surface area contributed by atoms with Crippen molar-refractivity contribution in [2.24, 2.45) is 7.05 Å². The summed E-state index contributed by atoms with van der Waals surface area (Å²) in [6.07, 6.45) is 1.89. The number of aryl methyl sites for hydroxylation is 1. The molecule has 0 saturated carbocycles. The van der Waals surface area contributed by atoms with Crippen LogP contribution in [0.2, 0.25) is 0 Å². The van der Waals surface area contributed by atoms with Crippen molar-refractivity contribution in [1.29, 1.82) is 0 Å². The maximum absolute atomic E-state index is 13.3. The summed E-state index contributed by atoms with van der Waals surface area (Å²) >= 11 is 0. The molecule has 0 bridgehead atoms. The van der Waals surface area contributed by atoms with Crippen molar-refractivity contribution in [3.05, 3.63) is 63.9 Å². The molecule has 2 aromatic carbocycles. The Bertz CT molecular complexity index is 1260. The molecule has 166 valence electrons. The number of rotatable bonds is 5. The Kier molecular flexibility index (Phi) is 5.85. The molecule has 1 aromatic heterocycles. The van der Waals surface area contributed by atoms with Crippen molar-refractivity contribution < 1.29 is 19.1 Å². The van der Waals surface area contributed by atoms with Gasteiger partial charge in [-0.1, -0.05) is 18.2 Å². The molecule has 1 aliphatic rings. The first-order chi connectivity index (χ1) is 15.4. The molecule has 32 heavy (non-hydrogen) atoms. The third-order valence-corrected chi connectivity index (χ3v) is 5.79. The fourth-order valence-electron chi connectivity index (χ4n) is 4.04. The van der Waals surface area contributed by atoms with Gasteiger partial charge in [0.25, 0.3) is 17.4 Å².